The van der Waals surface area contributed by atoms with E-state index in [1.807, 2.05) is 63.2 Å². The first-order valence-corrected chi connectivity index (χ1v) is 11.2. The summed E-state index contributed by atoms with van der Waals surface area (Å²) in [4.78, 5) is 33.4. The first-order valence-electron chi connectivity index (χ1n) is 10.2. The highest BCUT2D eigenvalue weighted by molar-refractivity contribution is 7.07. The number of thiazole rings is 1. The Hall–Kier alpha value is -3.24. The predicted octanol–water partition coefficient (Wildman–Crippen LogP) is 3.61. The summed E-state index contributed by atoms with van der Waals surface area (Å²) in [6.45, 7) is 4.68. The summed E-state index contributed by atoms with van der Waals surface area (Å²) in [7, 11) is 3.88. The highest BCUT2D eigenvalue weighted by Crippen LogP contribution is 2.41. The second-order valence-electron chi connectivity index (χ2n) is 8.44. The van der Waals surface area contributed by atoms with E-state index in [0.717, 1.165) is 16.8 Å². The number of carbonyl (C=O) groups is 2. The third-order valence-electron chi connectivity index (χ3n) is 5.53. The van der Waals surface area contributed by atoms with Crippen molar-refractivity contribution in [3.63, 3.8) is 0 Å². The van der Waals surface area contributed by atoms with E-state index in [-0.39, 0.29) is 12.5 Å². The molecule has 10 heteroatoms. The van der Waals surface area contributed by atoms with Gasteiger partial charge in [-0.25, -0.2) is 9.78 Å². The minimum Gasteiger partial charge on any atom is -0.440 e. The van der Waals surface area contributed by atoms with Gasteiger partial charge in [-0.3, -0.25) is 14.8 Å². The summed E-state index contributed by atoms with van der Waals surface area (Å²) < 4.78 is 5.96. The van der Waals surface area contributed by atoms with Gasteiger partial charge in [0.25, 0.3) is 5.91 Å². The number of rotatable bonds is 6. The first-order chi connectivity index (χ1) is 15.3. The monoisotopic (exact) mass is 454 g/mol. The van der Waals surface area contributed by atoms with Crippen LogP contribution in [0.25, 0.3) is 0 Å². The van der Waals surface area contributed by atoms with Crippen molar-refractivity contribution in [2.75, 3.05) is 26.0 Å². The fraction of sp³-hybridized carbons (Fsp3) is 0.364. The average Bonchev–Trinajstić information content (AvgIpc) is 3.47. The molecule has 4 rings (SSSR count). The Morgan fingerprint density at radius 1 is 1.31 bits per heavy atom. The van der Waals surface area contributed by atoms with Gasteiger partial charge in [-0.15, -0.1) is 11.3 Å². The largest absolute Gasteiger partial charge is 0.440 e. The Bertz CT molecular complexity index is 1090. The van der Waals surface area contributed by atoms with E-state index in [1.54, 1.807) is 15.8 Å². The number of carbonyl (C=O) groups excluding carboxylic acids is 2. The van der Waals surface area contributed by atoms with E-state index in [1.165, 1.54) is 11.3 Å². The predicted molar refractivity (Wildman–Crippen MR) is 121 cm³/mol. The maximum absolute atomic E-state index is 13.3. The van der Waals surface area contributed by atoms with Crippen molar-refractivity contribution in [3.05, 3.63) is 63.7 Å². The maximum atomic E-state index is 13.3. The van der Waals surface area contributed by atoms with Crippen LogP contribution < -0.4 is 5.32 Å². The maximum Gasteiger partial charge on any atom is 0.411 e. The molecule has 2 aromatic heterocycles. The lowest BCUT2D eigenvalue weighted by molar-refractivity contribution is 0.0259. The standard InChI is InChI=1S/C22H26N6O3S/c1-22(2)18-15(19(26-25-18)24-20(29)16-12-32-13-23-16)10-28(22)21(30)31-17(11-27(3)4)14-8-6-5-7-9-14/h5-9,12-13,17H,10-11H2,1-4H3,(H2,24,25,26,29). The molecule has 3 heterocycles. The van der Waals surface area contributed by atoms with Crippen LogP contribution in [0.4, 0.5) is 10.6 Å². The van der Waals surface area contributed by atoms with Gasteiger partial charge < -0.3 is 15.0 Å². The molecule has 0 fully saturated rings. The molecule has 168 valence electrons. The second-order valence-corrected chi connectivity index (χ2v) is 9.16. The molecule has 1 atom stereocenters. The lowest BCUT2D eigenvalue weighted by Gasteiger charge is -2.33. The molecule has 0 saturated heterocycles. The van der Waals surface area contributed by atoms with Gasteiger partial charge in [0.15, 0.2) is 5.82 Å². The highest BCUT2D eigenvalue weighted by Gasteiger charge is 2.45. The molecular formula is C22H26N6O3S. The number of ether oxygens (including phenoxy) is 1. The van der Waals surface area contributed by atoms with E-state index in [0.29, 0.717) is 18.1 Å². The number of likely N-dealkylation sites (N-methyl/N-ethyl adjacent to an activating group) is 1. The molecule has 3 aromatic rings. The zero-order valence-corrected chi connectivity index (χ0v) is 19.3. The number of fused-ring (bicyclic) bond motifs is 1. The normalized spacial score (nSPS) is 15.5. The zero-order chi connectivity index (χ0) is 22.9. The molecule has 0 saturated carbocycles. The van der Waals surface area contributed by atoms with Crippen LogP contribution in [0.3, 0.4) is 0 Å². The van der Waals surface area contributed by atoms with Gasteiger partial charge in [-0.1, -0.05) is 30.3 Å². The summed E-state index contributed by atoms with van der Waals surface area (Å²) in [5.41, 5.74) is 3.72. The number of hydrogen-bond donors (Lipinski definition) is 2. The Kier molecular flexibility index (Phi) is 5.98. The minimum absolute atomic E-state index is 0.272. The lowest BCUT2D eigenvalue weighted by atomic mass is 10.0. The number of aromatic nitrogens is 3. The SMILES string of the molecule is CN(C)CC(OC(=O)N1Cc2c(NC(=O)c3cscn3)n[nH]c2C1(C)C)c1ccccc1. The van der Waals surface area contributed by atoms with Crippen molar-refractivity contribution >= 4 is 29.2 Å². The van der Waals surface area contributed by atoms with E-state index in [9.17, 15) is 9.59 Å². The van der Waals surface area contributed by atoms with Crippen LogP contribution in [0.1, 0.15) is 47.3 Å². The fourth-order valence-electron chi connectivity index (χ4n) is 3.80. The zero-order valence-electron chi connectivity index (χ0n) is 18.5. The number of amides is 2. The summed E-state index contributed by atoms with van der Waals surface area (Å²) in [5.74, 6) is 0.0591. The smallest absolute Gasteiger partial charge is 0.411 e. The van der Waals surface area contributed by atoms with Crippen LogP contribution in [0, 0.1) is 0 Å². The molecule has 1 unspecified atom stereocenters. The summed E-state index contributed by atoms with van der Waals surface area (Å²) in [6.07, 6.45) is -0.831. The molecule has 0 spiro atoms. The molecule has 2 N–H and O–H groups in total. The van der Waals surface area contributed by atoms with Crippen LogP contribution in [0.2, 0.25) is 0 Å². The molecule has 1 aromatic carbocycles. The van der Waals surface area contributed by atoms with Gasteiger partial charge in [0, 0.05) is 17.5 Å². The third kappa shape index (κ3) is 4.23. The highest BCUT2D eigenvalue weighted by atomic mass is 32.1. The van der Waals surface area contributed by atoms with Gasteiger partial charge in [0.2, 0.25) is 0 Å². The molecule has 1 aliphatic rings. The third-order valence-corrected chi connectivity index (χ3v) is 6.12. The fourth-order valence-corrected chi connectivity index (χ4v) is 4.34. The number of nitrogens with one attached hydrogen (secondary N) is 2. The van der Waals surface area contributed by atoms with Crippen molar-refractivity contribution in [2.45, 2.75) is 32.0 Å². The topological polar surface area (TPSA) is 103 Å². The Labute approximate surface area is 190 Å². The summed E-state index contributed by atoms with van der Waals surface area (Å²) in [6, 6.07) is 9.70. The summed E-state index contributed by atoms with van der Waals surface area (Å²) in [5, 5.41) is 11.7. The molecule has 2 amide bonds. The molecular weight excluding hydrogens is 428 g/mol. The van der Waals surface area contributed by atoms with Gasteiger partial charge in [-0.2, -0.15) is 5.10 Å². The molecule has 9 nitrogen and oxygen atoms in total. The van der Waals surface area contributed by atoms with Crippen LogP contribution in [-0.4, -0.2) is 57.6 Å². The number of nitrogens with zero attached hydrogens (tertiary/aromatic N) is 4. The Morgan fingerprint density at radius 3 is 2.72 bits per heavy atom. The first kappa shape index (κ1) is 22.0. The number of hydrogen-bond acceptors (Lipinski definition) is 7. The lowest BCUT2D eigenvalue weighted by Crippen LogP contribution is -2.42. The van der Waals surface area contributed by atoms with E-state index in [4.69, 9.17) is 4.74 Å². The van der Waals surface area contributed by atoms with E-state index >= 15 is 0 Å². The van der Waals surface area contributed by atoms with Crippen molar-refractivity contribution in [3.8, 4) is 0 Å². The number of aromatic amines is 1. The Morgan fingerprint density at radius 2 is 2.06 bits per heavy atom. The molecule has 0 radical (unpaired) electrons. The van der Waals surface area contributed by atoms with Gasteiger partial charge >= 0.3 is 6.09 Å². The van der Waals surface area contributed by atoms with Gasteiger partial charge in [0.05, 0.1) is 23.3 Å². The molecule has 0 bridgehead atoms. The van der Waals surface area contributed by atoms with E-state index < -0.39 is 17.7 Å². The summed E-state index contributed by atoms with van der Waals surface area (Å²) >= 11 is 1.34. The number of anilines is 1. The van der Waals surface area contributed by atoms with Crippen molar-refractivity contribution in [2.24, 2.45) is 0 Å². The van der Waals surface area contributed by atoms with Crippen molar-refractivity contribution in [1.82, 2.24) is 25.0 Å². The van der Waals surface area contributed by atoms with E-state index in [2.05, 4.69) is 20.5 Å². The van der Waals surface area contributed by atoms with Gasteiger partial charge in [-0.05, 0) is 33.5 Å². The van der Waals surface area contributed by atoms with Crippen molar-refractivity contribution < 1.29 is 14.3 Å². The molecule has 1 aliphatic heterocycles. The van der Waals surface area contributed by atoms with Crippen molar-refractivity contribution in [1.29, 1.82) is 0 Å². The quantitative estimate of drug-likeness (QED) is 0.590. The number of benzene rings is 1. The second kappa shape index (κ2) is 8.71. The number of H-pyrrole nitrogens is 1. The van der Waals surface area contributed by atoms with Crippen LogP contribution >= 0.6 is 11.3 Å². The average molecular weight is 455 g/mol. The van der Waals surface area contributed by atoms with Crippen LogP contribution in [0.5, 0.6) is 0 Å². The molecule has 32 heavy (non-hydrogen) atoms. The van der Waals surface area contributed by atoms with Crippen LogP contribution in [-0.2, 0) is 16.8 Å². The van der Waals surface area contributed by atoms with Crippen LogP contribution in [0.15, 0.2) is 41.2 Å². The molecule has 0 aliphatic carbocycles. The minimum atomic E-state index is -0.678. The Balaban J connectivity index is 1.53. The van der Waals surface area contributed by atoms with Gasteiger partial charge in [0.1, 0.15) is 11.8 Å².